The van der Waals surface area contributed by atoms with Crippen LogP contribution in [0, 0.1) is 0 Å². The second kappa shape index (κ2) is 9.68. The van der Waals surface area contributed by atoms with Crippen molar-refractivity contribution in [3.05, 3.63) is 112 Å². The van der Waals surface area contributed by atoms with E-state index in [1.807, 2.05) is 30.3 Å². The van der Waals surface area contributed by atoms with Crippen LogP contribution in [0.2, 0.25) is 10.0 Å². The number of amides is 2. The van der Waals surface area contributed by atoms with Gasteiger partial charge in [-0.1, -0.05) is 77.8 Å². The predicted molar refractivity (Wildman–Crippen MR) is 125 cm³/mol. The van der Waals surface area contributed by atoms with Crippen molar-refractivity contribution in [1.29, 1.82) is 0 Å². The van der Waals surface area contributed by atoms with Crippen LogP contribution in [-0.4, -0.2) is 21.6 Å². The molecule has 2 amide bonds. The lowest BCUT2D eigenvalue weighted by Crippen LogP contribution is -2.41. The van der Waals surface area contributed by atoms with Gasteiger partial charge in [-0.3, -0.25) is 25.1 Å². The molecule has 0 spiro atoms. The van der Waals surface area contributed by atoms with E-state index in [2.05, 4.69) is 16.0 Å². The number of rotatable bonds is 5. The Bertz CT molecular complexity index is 1250. The van der Waals surface area contributed by atoms with Gasteiger partial charge in [0.1, 0.15) is 5.69 Å². The van der Waals surface area contributed by atoms with E-state index >= 15 is 0 Å². The van der Waals surface area contributed by atoms with Gasteiger partial charge < -0.3 is 0 Å². The number of halogens is 2. The Morgan fingerprint density at radius 3 is 2.09 bits per heavy atom. The number of nitrogens with zero attached hydrogens (tertiary/aromatic N) is 2. The standard InChI is InChI=1S/C24H18Cl2N4O2/c25-18-12-10-17(11-13-18)22-20(15-30(29-22)14-16-6-2-1-3-7-16)24(32)28-27-23(31)19-8-4-5-9-21(19)26/h1-13,15H,14H2,(H,27,31)(H,28,32). The van der Waals surface area contributed by atoms with Gasteiger partial charge in [-0.2, -0.15) is 5.10 Å². The number of hydrogen-bond donors (Lipinski definition) is 2. The summed E-state index contributed by atoms with van der Waals surface area (Å²) < 4.78 is 1.68. The summed E-state index contributed by atoms with van der Waals surface area (Å²) in [6.45, 7) is 0.487. The molecule has 0 bridgehead atoms. The van der Waals surface area contributed by atoms with Gasteiger partial charge in [-0.15, -0.1) is 0 Å². The molecule has 8 heteroatoms. The van der Waals surface area contributed by atoms with Crippen molar-refractivity contribution in [2.24, 2.45) is 0 Å². The lowest BCUT2D eigenvalue weighted by molar-refractivity contribution is 0.0847. The first-order chi connectivity index (χ1) is 15.5. The van der Waals surface area contributed by atoms with Gasteiger partial charge in [-0.25, -0.2) is 0 Å². The molecule has 4 rings (SSSR count). The van der Waals surface area contributed by atoms with Crippen LogP contribution in [-0.2, 0) is 6.54 Å². The number of benzene rings is 3. The molecule has 1 aromatic heterocycles. The number of carbonyl (C=O) groups excluding carboxylic acids is 2. The molecule has 160 valence electrons. The van der Waals surface area contributed by atoms with Gasteiger partial charge in [0.25, 0.3) is 11.8 Å². The Kier molecular flexibility index (Phi) is 6.54. The molecule has 0 aliphatic carbocycles. The van der Waals surface area contributed by atoms with Crippen molar-refractivity contribution < 1.29 is 9.59 Å². The zero-order chi connectivity index (χ0) is 22.5. The molecule has 32 heavy (non-hydrogen) atoms. The summed E-state index contributed by atoms with van der Waals surface area (Å²) in [5.41, 5.74) is 7.65. The summed E-state index contributed by atoms with van der Waals surface area (Å²) in [6, 6.07) is 23.4. The first-order valence-corrected chi connectivity index (χ1v) is 10.5. The molecule has 0 saturated heterocycles. The summed E-state index contributed by atoms with van der Waals surface area (Å²) in [5, 5.41) is 5.47. The zero-order valence-electron chi connectivity index (χ0n) is 16.8. The van der Waals surface area contributed by atoms with Crippen LogP contribution >= 0.6 is 23.2 Å². The predicted octanol–water partition coefficient (Wildman–Crippen LogP) is 4.98. The highest BCUT2D eigenvalue weighted by atomic mass is 35.5. The van der Waals surface area contributed by atoms with Crippen molar-refractivity contribution in [3.63, 3.8) is 0 Å². The fraction of sp³-hybridized carbons (Fsp3) is 0.0417. The van der Waals surface area contributed by atoms with Gasteiger partial charge in [-0.05, 0) is 29.8 Å². The normalized spacial score (nSPS) is 10.6. The first-order valence-electron chi connectivity index (χ1n) is 9.74. The van der Waals surface area contributed by atoms with Crippen molar-refractivity contribution >= 4 is 35.0 Å². The molecule has 0 fully saturated rings. The molecule has 1 heterocycles. The van der Waals surface area contributed by atoms with Crippen LogP contribution in [0.15, 0.2) is 85.1 Å². The van der Waals surface area contributed by atoms with Gasteiger partial charge in [0, 0.05) is 16.8 Å². The molecule has 0 aliphatic rings. The highest BCUT2D eigenvalue weighted by Gasteiger charge is 2.19. The average molecular weight is 465 g/mol. The lowest BCUT2D eigenvalue weighted by atomic mass is 10.1. The SMILES string of the molecule is O=C(NNC(=O)c1cn(Cc2ccccc2)nc1-c1ccc(Cl)cc1)c1ccccc1Cl. The zero-order valence-corrected chi connectivity index (χ0v) is 18.3. The van der Waals surface area contributed by atoms with Crippen molar-refractivity contribution in [1.82, 2.24) is 20.6 Å². The second-order valence-corrected chi connectivity index (χ2v) is 7.81. The van der Waals surface area contributed by atoms with E-state index in [0.29, 0.717) is 22.8 Å². The molecule has 4 aromatic rings. The highest BCUT2D eigenvalue weighted by molar-refractivity contribution is 6.33. The third-order valence-corrected chi connectivity index (χ3v) is 5.30. The maximum absolute atomic E-state index is 13.0. The van der Waals surface area contributed by atoms with E-state index in [-0.39, 0.29) is 10.6 Å². The Morgan fingerprint density at radius 1 is 0.781 bits per heavy atom. The van der Waals surface area contributed by atoms with Crippen LogP contribution in [0.4, 0.5) is 0 Å². The molecular formula is C24H18Cl2N4O2. The second-order valence-electron chi connectivity index (χ2n) is 6.97. The van der Waals surface area contributed by atoms with Crippen LogP contribution in [0.5, 0.6) is 0 Å². The molecule has 6 nitrogen and oxygen atoms in total. The van der Waals surface area contributed by atoms with E-state index in [1.165, 1.54) is 0 Å². The molecule has 0 saturated carbocycles. The van der Waals surface area contributed by atoms with Crippen LogP contribution in [0.1, 0.15) is 26.3 Å². The molecule has 0 aliphatic heterocycles. The van der Waals surface area contributed by atoms with Gasteiger partial charge >= 0.3 is 0 Å². The lowest BCUT2D eigenvalue weighted by Gasteiger charge is -2.08. The fourth-order valence-corrected chi connectivity index (χ4v) is 3.50. The fourth-order valence-electron chi connectivity index (χ4n) is 3.15. The van der Waals surface area contributed by atoms with Gasteiger partial charge in [0.05, 0.1) is 22.7 Å². The van der Waals surface area contributed by atoms with Crippen molar-refractivity contribution in [3.8, 4) is 11.3 Å². The van der Waals surface area contributed by atoms with Crippen molar-refractivity contribution in [2.45, 2.75) is 6.54 Å². The maximum atomic E-state index is 13.0. The summed E-state index contributed by atoms with van der Waals surface area (Å²) in [6.07, 6.45) is 1.65. The highest BCUT2D eigenvalue weighted by Crippen LogP contribution is 2.24. The van der Waals surface area contributed by atoms with E-state index in [0.717, 1.165) is 11.1 Å². The first kappa shape index (κ1) is 21.6. The molecule has 0 unspecified atom stereocenters. The molecule has 3 aromatic carbocycles. The quantitative estimate of drug-likeness (QED) is 0.409. The number of hydrazine groups is 1. The Hall–Kier alpha value is -3.61. The van der Waals surface area contributed by atoms with E-state index in [9.17, 15) is 9.59 Å². The number of aromatic nitrogens is 2. The largest absolute Gasteiger partial charge is 0.273 e. The molecule has 0 atom stereocenters. The third kappa shape index (κ3) is 4.99. The number of hydrogen-bond acceptors (Lipinski definition) is 3. The Balaban J connectivity index is 1.59. The van der Waals surface area contributed by atoms with Crippen LogP contribution < -0.4 is 10.9 Å². The van der Waals surface area contributed by atoms with Gasteiger partial charge in [0.2, 0.25) is 0 Å². The maximum Gasteiger partial charge on any atom is 0.273 e. The topological polar surface area (TPSA) is 76.0 Å². The Morgan fingerprint density at radius 2 is 1.41 bits per heavy atom. The minimum Gasteiger partial charge on any atom is -0.267 e. The van der Waals surface area contributed by atoms with Crippen LogP contribution in [0.3, 0.4) is 0 Å². The smallest absolute Gasteiger partial charge is 0.267 e. The molecule has 2 N–H and O–H groups in total. The minimum absolute atomic E-state index is 0.257. The van der Waals surface area contributed by atoms with Crippen molar-refractivity contribution in [2.75, 3.05) is 0 Å². The van der Waals surface area contributed by atoms with E-state index in [4.69, 9.17) is 23.2 Å². The third-order valence-electron chi connectivity index (χ3n) is 4.72. The number of nitrogens with one attached hydrogen (secondary N) is 2. The summed E-state index contributed by atoms with van der Waals surface area (Å²) >= 11 is 12.1. The van der Waals surface area contributed by atoms with Crippen LogP contribution in [0.25, 0.3) is 11.3 Å². The molecule has 0 radical (unpaired) electrons. The monoisotopic (exact) mass is 464 g/mol. The molecular weight excluding hydrogens is 447 g/mol. The van der Waals surface area contributed by atoms with E-state index in [1.54, 1.807) is 59.4 Å². The van der Waals surface area contributed by atoms with E-state index < -0.39 is 11.8 Å². The number of carbonyl (C=O) groups is 2. The summed E-state index contributed by atoms with van der Waals surface area (Å²) in [4.78, 5) is 25.3. The summed E-state index contributed by atoms with van der Waals surface area (Å²) in [7, 11) is 0. The minimum atomic E-state index is -0.520. The Labute approximate surface area is 194 Å². The average Bonchev–Trinajstić information content (AvgIpc) is 3.22. The van der Waals surface area contributed by atoms with Gasteiger partial charge in [0.15, 0.2) is 0 Å². The summed E-state index contributed by atoms with van der Waals surface area (Å²) in [5.74, 6) is -1.02.